The molecule has 0 saturated carbocycles. The zero-order valence-electron chi connectivity index (χ0n) is 7.09. The van der Waals surface area contributed by atoms with E-state index >= 15 is 0 Å². The maximum Gasteiger partial charge on any atom is 0.0594 e. The first kappa shape index (κ1) is 9.44. The topological polar surface area (TPSA) is 12.5 Å². The molecule has 66 valence electrons. The summed E-state index contributed by atoms with van der Waals surface area (Å²) in [5.74, 6) is 0. The Kier molecular flexibility index (Phi) is 5.09. The Morgan fingerprint density at radius 3 is 2.55 bits per heavy atom. The van der Waals surface area contributed by atoms with Gasteiger partial charge >= 0.3 is 0 Å². The van der Waals surface area contributed by atoms with E-state index in [9.17, 15) is 0 Å². The Hall–Kier alpha value is 0.350. The average molecular weight is 175 g/mol. The molecule has 1 aliphatic rings. The van der Waals surface area contributed by atoms with Crippen LogP contribution in [0.2, 0.25) is 0 Å². The molecule has 0 bridgehead atoms. The zero-order valence-corrected chi connectivity index (χ0v) is 8.24. The van der Waals surface area contributed by atoms with Gasteiger partial charge in [0, 0.05) is 13.1 Å². The van der Waals surface area contributed by atoms with Gasteiger partial charge < -0.3 is 4.74 Å². The minimum absolute atomic E-state index is 0.931. The number of hydrogen-bond donors (Lipinski definition) is 0. The van der Waals surface area contributed by atoms with Crippen LogP contribution >= 0.6 is 9.24 Å². The fourth-order valence-electron chi connectivity index (χ4n) is 1.30. The van der Waals surface area contributed by atoms with Gasteiger partial charge in [0.15, 0.2) is 0 Å². The van der Waals surface area contributed by atoms with Crippen LogP contribution in [-0.2, 0) is 4.74 Å². The molecular formula is C8H18NOP. The molecule has 0 N–H and O–H groups in total. The van der Waals surface area contributed by atoms with E-state index in [1.807, 2.05) is 0 Å². The van der Waals surface area contributed by atoms with Crippen LogP contribution in [0.3, 0.4) is 0 Å². The second-order valence-electron chi connectivity index (χ2n) is 2.95. The summed E-state index contributed by atoms with van der Waals surface area (Å²) >= 11 is 0. The van der Waals surface area contributed by atoms with Crippen molar-refractivity contribution in [2.75, 3.05) is 39.0 Å². The van der Waals surface area contributed by atoms with Crippen LogP contribution in [0.4, 0.5) is 0 Å². The molecule has 1 rings (SSSR count). The summed E-state index contributed by atoms with van der Waals surface area (Å²) in [5.41, 5.74) is 0. The van der Waals surface area contributed by atoms with Gasteiger partial charge in [0.2, 0.25) is 0 Å². The Morgan fingerprint density at radius 2 is 1.91 bits per heavy atom. The molecule has 1 aliphatic heterocycles. The third kappa shape index (κ3) is 4.05. The van der Waals surface area contributed by atoms with Crippen LogP contribution in [0.5, 0.6) is 0 Å². The molecule has 3 heteroatoms. The average Bonchev–Trinajstić information content (AvgIpc) is 2.07. The molecule has 2 nitrogen and oxygen atoms in total. The molecule has 0 radical (unpaired) electrons. The second kappa shape index (κ2) is 5.93. The van der Waals surface area contributed by atoms with Crippen molar-refractivity contribution in [1.29, 1.82) is 0 Å². The van der Waals surface area contributed by atoms with Gasteiger partial charge in [-0.05, 0) is 25.5 Å². The molecule has 1 unspecified atom stereocenters. The zero-order chi connectivity index (χ0) is 7.94. The highest BCUT2D eigenvalue weighted by Gasteiger charge is 2.08. The first-order valence-corrected chi connectivity index (χ1v) is 5.25. The van der Waals surface area contributed by atoms with Crippen molar-refractivity contribution in [1.82, 2.24) is 4.90 Å². The molecule has 0 aliphatic carbocycles. The van der Waals surface area contributed by atoms with E-state index in [1.54, 1.807) is 0 Å². The molecule has 11 heavy (non-hydrogen) atoms. The number of morpholine rings is 1. The van der Waals surface area contributed by atoms with Crippen LogP contribution in [-0.4, -0.2) is 43.9 Å². The van der Waals surface area contributed by atoms with Crippen LogP contribution in [0.1, 0.15) is 12.8 Å². The van der Waals surface area contributed by atoms with E-state index in [2.05, 4.69) is 14.1 Å². The Morgan fingerprint density at radius 1 is 1.18 bits per heavy atom. The lowest BCUT2D eigenvalue weighted by Gasteiger charge is -2.26. The van der Waals surface area contributed by atoms with Crippen molar-refractivity contribution in [2.24, 2.45) is 0 Å². The molecule has 1 saturated heterocycles. The number of rotatable bonds is 4. The van der Waals surface area contributed by atoms with E-state index in [-0.39, 0.29) is 0 Å². The number of hydrogen-bond acceptors (Lipinski definition) is 2. The van der Waals surface area contributed by atoms with Gasteiger partial charge in [0.1, 0.15) is 0 Å². The van der Waals surface area contributed by atoms with Gasteiger partial charge in [-0.3, -0.25) is 4.90 Å². The molecule has 0 spiro atoms. The van der Waals surface area contributed by atoms with E-state index < -0.39 is 0 Å². The second-order valence-corrected chi connectivity index (χ2v) is 3.53. The molecule has 1 heterocycles. The van der Waals surface area contributed by atoms with Gasteiger partial charge in [-0.2, -0.15) is 0 Å². The fourth-order valence-corrected chi connectivity index (χ4v) is 1.59. The SMILES string of the molecule is PCCCCN1CCOCC1. The molecule has 1 fully saturated rings. The normalized spacial score (nSPS) is 20.5. The van der Waals surface area contributed by atoms with E-state index in [4.69, 9.17) is 4.74 Å². The van der Waals surface area contributed by atoms with Crippen molar-refractivity contribution in [2.45, 2.75) is 12.8 Å². The van der Waals surface area contributed by atoms with Crippen LogP contribution in [0, 0.1) is 0 Å². The highest BCUT2D eigenvalue weighted by Crippen LogP contribution is 2.01. The van der Waals surface area contributed by atoms with Crippen molar-refractivity contribution in [3.8, 4) is 0 Å². The molecule has 0 aromatic rings. The standard InChI is InChI=1S/C8H18NOP/c11-8-2-1-3-9-4-6-10-7-5-9/h1-8,11H2. The first-order chi connectivity index (χ1) is 5.43. The smallest absolute Gasteiger partial charge is 0.0594 e. The number of nitrogens with zero attached hydrogens (tertiary/aromatic N) is 1. The summed E-state index contributed by atoms with van der Waals surface area (Å²) in [7, 11) is 2.77. The Bertz CT molecular complexity index is 94.1. The first-order valence-electron chi connectivity index (χ1n) is 4.43. The molecule has 0 aromatic heterocycles. The molecular weight excluding hydrogens is 157 g/mol. The quantitative estimate of drug-likeness (QED) is 0.466. The monoisotopic (exact) mass is 175 g/mol. The largest absolute Gasteiger partial charge is 0.379 e. The summed E-state index contributed by atoms with van der Waals surface area (Å²) in [6.07, 6.45) is 3.91. The van der Waals surface area contributed by atoms with Crippen molar-refractivity contribution in [3.63, 3.8) is 0 Å². The number of unbranched alkanes of at least 4 members (excludes halogenated alkanes) is 1. The Balaban J connectivity index is 1.96. The van der Waals surface area contributed by atoms with E-state index in [0.29, 0.717) is 0 Å². The van der Waals surface area contributed by atoms with E-state index in [1.165, 1.54) is 25.5 Å². The van der Waals surface area contributed by atoms with Gasteiger partial charge in [0.05, 0.1) is 13.2 Å². The van der Waals surface area contributed by atoms with Gasteiger partial charge in [-0.15, -0.1) is 9.24 Å². The lowest BCUT2D eigenvalue weighted by molar-refractivity contribution is 0.0374. The Labute approximate surface area is 71.5 Å². The van der Waals surface area contributed by atoms with Crippen molar-refractivity contribution < 1.29 is 4.74 Å². The maximum atomic E-state index is 5.26. The van der Waals surface area contributed by atoms with Crippen molar-refractivity contribution in [3.05, 3.63) is 0 Å². The molecule has 1 atom stereocenters. The predicted octanol–water partition coefficient (Wildman–Crippen LogP) is 0.974. The summed E-state index contributed by atoms with van der Waals surface area (Å²) < 4.78 is 5.26. The lowest BCUT2D eigenvalue weighted by atomic mass is 10.3. The third-order valence-corrected chi connectivity index (χ3v) is 2.44. The third-order valence-electron chi connectivity index (χ3n) is 2.03. The molecule has 0 amide bonds. The summed E-state index contributed by atoms with van der Waals surface area (Å²) in [4.78, 5) is 2.49. The van der Waals surface area contributed by atoms with Gasteiger partial charge in [0.25, 0.3) is 0 Å². The van der Waals surface area contributed by atoms with Crippen LogP contribution in [0.25, 0.3) is 0 Å². The number of ether oxygens (including phenoxy) is 1. The highest BCUT2D eigenvalue weighted by atomic mass is 31.0. The van der Waals surface area contributed by atoms with Crippen LogP contribution < -0.4 is 0 Å². The predicted molar refractivity (Wildman–Crippen MR) is 51.1 cm³/mol. The minimum atomic E-state index is 0.931. The van der Waals surface area contributed by atoms with Crippen LogP contribution in [0.15, 0.2) is 0 Å². The minimum Gasteiger partial charge on any atom is -0.379 e. The van der Waals surface area contributed by atoms with Crippen molar-refractivity contribution >= 4 is 9.24 Å². The summed E-state index contributed by atoms with van der Waals surface area (Å²) in [6, 6.07) is 0. The summed E-state index contributed by atoms with van der Waals surface area (Å²) in [5, 5.41) is 0. The van der Waals surface area contributed by atoms with Gasteiger partial charge in [-0.25, -0.2) is 0 Å². The maximum absolute atomic E-state index is 5.26. The summed E-state index contributed by atoms with van der Waals surface area (Å²) in [6.45, 7) is 5.40. The van der Waals surface area contributed by atoms with Gasteiger partial charge in [-0.1, -0.05) is 0 Å². The van der Waals surface area contributed by atoms with E-state index in [0.717, 1.165) is 26.3 Å². The fraction of sp³-hybridized carbons (Fsp3) is 1.00. The lowest BCUT2D eigenvalue weighted by Crippen LogP contribution is -2.36. The highest BCUT2D eigenvalue weighted by molar-refractivity contribution is 7.16. The molecule has 0 aromatic carbocycles.